The largest absolute Gasteiger partial charge is 0.469 e. The number of carbonyl (C=O) groups is 1. The maximum Gasteiger partial charge on any atom is 0.308 e. The number of ether oxygens (including phenoxy) is 2. The summed E-state index contributed by atoms with van der Waals surface area (Å²) < 4.78 is 23.8. The molecule has 0 aliphatic heterocycles. The predicted molar refractivity (Wildman–Crippen MR) is 132 cm³/mol. The van der Waals surface area contributed by atoms with Crippen LogP contribution < -0.4 is 0 Å². The van der Waals surface area contributed by atoms with E-state index in [1.54, 1.807) is 31.4 Å². The molecular formula is C27H36FNO6. The molecule has 0 spiro atoms. The highest BCUT2D eigenvalue weighted by Gasteiger charge is 2.24. The number of methoxy groups -OCH3 is 2. The molecule has 0 radical (unpaired) electrons. The Morgan fingerprint density at radius 3 is 2.31 bits per heavy atom. The number of benzene rings is 1. The summed E-state index contributed by atoms with van der Waals surface area (Å²) in [4.78, 5) is 16.3. The Morgan fingerprint density at radius 2 is 1.77 bits per heavy atom. The quantitative estimate of drug-likeness (QED) is 0.388. The van der Waals surface area contributed by atoms with Crippen LogP contribution in [0.5, 0.6) is 0 Å². The van der Waals surface area contributed by atoms with Crippen molar-refractivity contribution in [1.82, 2.24) is 4.98 Å². The molecule has 7 nitrogen and oxygen atoms in total. The van der Waals surface area contributed by atoms with Crippen molar-refractivity contribution in [1.29, 1.82) is 0 Å². The van der Waals surface area contributed by atoms with Crippen molar-refractivity contribution in [2.75, 3.05) is 20.8 Å². The molecular weight excluding hydrogens is 453 g/mol. The van der Waals surface area contributed by atoms with Crippen LogP contribution in [0.2, 0.25) is 0 Å². The van der Waals surface area contributed by atoms with Crippen molar-refractivity contribution < 1.29 is 34.0 Å². The van der Waals surface area contributed by atoms with Crippen molar-refractivity contribution in [3.63, 3.8) is 0 Å². The number of carbonyl (C=O) groups excluding carboxylic acids is 1. The van der Waals surface area contributed by atoms with E-state index in [2.05, 4.69) is 4.74 Å². The molecule has 3 N–H and O–H groups in total. The Bertz CT molecular complexity index is 1010. The molecule has 2 rings (SSSR count). The summed E-state index contributed by atoms with van der Waals surface area (Å²) in [6.45, 7) is 5.99. The Labute approximate surface area is 206 Å². The van der Waals surface area contributed by atoms with Gasteiger partial charge in [-0.05, 0) is 29.2 Å². The van der Waals surface area contributed by atoms with Crippen LogP contribution >= 0.6 is 0 Å². The number of hydrogen-bond donors (Lipinski definition) is 3. The van der Waals surface area contributed by atoms with Crippen molar-refractivity contribution in [2.45, 2.75) is 64.3 Å². The Kier molecular flexibility index (Phi) is 11.0. The van der Waals surface area contributed by atoms with Gasteiger partial charge in [-0.15, -0.1) is 0 Å². The second-order valence-electron chi connectivity index (χ2n) is 8.92. The SMILES string of the molecule is COCc1c([C@H](C)CO)nc(C(C)C)c(/C=C/[C@@H](O)C[C@@H](O)CC(=O)OC)c1-c1ccc(F)cc1. The molecule has 8 heteroatoms. The third kappa shape index (κ3) is 7.67. The number of hydrogen-bond acceptors (Lipinski definition) is 7. The van der Waals surface area contributed by atoms with Crippen LogP contribution in [0.25, 0.3) is 17.2 Å². The van der Waals surface area contributed by atoms with Crippen LogP contribution in [-0.4, -0.2) is 59.3 Å². The first kappa shape index (κ1) is 28.6. The highest BCUT2D eigenvalue weighted by molar-refractivity contribution is 5.80. The normalized spacial score (nSPS) is 14.3. The van der Waals surface area contributed by atoms with Gasteiger partial charge in [-0.3, -0.25) is 9.78 Å². The number of pyridine rings is 1. The van der Waals surface area contributed by atoms with Gasteiger partial charge in [-0.2, -0.15) is 0 Å². The molecule has 0 aliphatic rings. The monoisotopic (exact) mass is 489 g/mol. The number of aromatic nitrogens is 1. The lowest BCUT2D eigenvalue weighted by Crippen LogP contribution is -2.20. The van der Waals surface area contributed by atoms with Gasteiger partial charge in [0.2, 0.25) is 0 Å². The van der Waals surface area contributed by atoms with Gasteiger partial charge < -0.3 is 24.8 Å². The highest BCUT2D eigenvalue weighted by atomic mass is 19.1. The lowest BCUT2D eigenvalue weighted by molar-refractivity contribution is -0.143. The maximum atomic E-state index is 13.7. The molecule has 0 saturated heterocycles. The van der Waals surface area contributed by atoms with Crippen LogP contribution in [0.3, 0.4) is 0 Å². The summed E-state index contributed by atoms with van der Waals surface area (Å²) in [6, 6.07) is 6.11. The Hall–Kier alpha value is -2.65. The Morgan fingerprint density at radius 1 is 1.11 bits per heavy atom. The van der Waals surface area contributed by atoms with E-state index in [-0.39, 0.29) is 43.7 Å². The van der Waals surface area contributed by atoms with E-state index in [0.717, 1.165) is 27.9 Å². The number of nitrogens with zero attached hydrogens (tertiary/aromatic N) is 1. The summed E-state index contributed by atoms with van der Waals surface area (Å²) in [7, 11) is 2.81. The minimum atomic E-state index is -1.06. The third-order valence-electron chi connectivity index (χ3n) is 5.73. The van der Waals surface area contributed by atoms with Gasteiger partial charge >= 0.3 is 5.97 Å². The smallest absolute Gasteiger partial charge is 0.308 e. The lowest BCUT2D eigenvalue weighted by atomic mass is 9.86. The second-order valence-corrected chi connectivity index (χ2v) is 8.92. The second kappa shape index (κ2) is 13.4. The zero-order chi connectivity index (χ0) is 26.1. The molecule has 0 fully saturated rings. The molecule has 1 aromatic carbocycles. The molecule has 35 heavy (non-hydrogen) atoms. The van der Waals surface area contributed by atoms with Crippen molar-refractivity contribution in [2.24, 2.45) is 0 Å². The fourth-order valence-corrected chi connectivity index (χ4v) is 3.94. The van der Waals surface area contributed by atoms with E-state index in [9.17, 15) is 24.5 Å². The molecule has 192 valence electrons. The van der Waals surface area contributed by atoms with E-state index < -0.39 is 18.2 Å². The predicted octanol–water partition coefficient (Wildman–Crippen LogP) is 3.94. The van der Waals surface area contributed by atoms with Crippen LogP contribution in [0.1, 0.15) is 68.0 Å². The molecule has 0 amide bonds. The first-order valence-corrected chi connectivity index (χ1v) is 11.7. The molecule has 0 unspecified atom stereocenters. The van der Waals surface area contributed by atoms with E-state index in [1.165, 1.54) is 19.2 Å². The lowest BCUT2D eigenvalue weighted by Gasteiger charge is -2.24. The van der Waals surface area contributed by atoms with Gasteiger partial charge in [0.25, 0.3) is 0 Å². The van der Waals surface area contributed by atoms with Crippen molar-refractivity contribution in [3.8, 4) is 11.1 Å². The highest BCUT2D eigenvalue weighted by Crippen LogP contribution is 2.38. The zero-order valence-corrected chi connectivity index (χ0v) is 21.0. The average Bonchev–Trinajstić information content (AvgIpc) is 2.82. The van der Waals surface area contributed by atoms with E-state index >= 15 is 0 Å². The first-order chi connectivity index (χ1) is 16.6. The summed E-state index contributed by atoms with van der Waals surface area (Å²) in [5, 5.41) is 30.5. The van der Waals surface area contributed by atoms with Crippen molar-refractivity contribution >= 4 is 12.0 Å². The zero-order valence-electron chi connectivity index (χ0n) is 21.0. The molecule has 3 atom stereocenters. The van der Waals surface area contributed by atoms with Gasteiger partial charge in [-0.25, -0.2) is 4.39 Å². The minimum Gasteiger partial charge on any atom is -0.469 e. The number of halogens is 1. The summed E-state index contributed by atoms with van der Waals surface area (Å²) in [5.41, 5.74) is 4.47. The van der Waals surface area contributed by atoms with E-state index in [1.807, 2.05) is 20.8 Å². The molecule has 0 bridgehead atoms. The van der Waals surface area contributed by atoms with E-state index in [0.29, 0.717) is 5.69 Å². The molecule has 0 saturated carbocycles. The Balaban J connectivity index is 2.67. The summed E-state index contributed by atoms with van der Waals surface area (Å²) in [5.74, 6) is -1.18. The summed E-state index contributed by atoms with van der Waals surface area (Å²) >= 11 is 0. The number of esters is 1. The van der Waals surface area contributed by atoms with Gasteiger partial charge in [0.05, 0.1) is 50.3 Å². The third-order valence-corrected chi connectivity index (χ3v) is 5.73. The fraction of sp³-hybridized carbons (Fsp3) is 0.481. The molecule has 0 aliphatic carbocycles. The summed E-state index contributed by atoms with van der Waals surface area (Å²) in [6.07, 6.45) is 0.931. The van der Waals surface area contributed by atoms with Crippen LogP contribution in [0.4, 0.5) is 4.39 Å². The molecule has 1 aromatic heterocycles. The van der Waals surface area contributed by atoms with Crippen LogP contribution in [0.15, 0.2) is 30.3 Å². The van der Waals surface area contributed by atoms with Crippen LogP contribution in [-0.2, 0) is 20.9 Å². The van der Waals surface area contributed by atoms with Gasteiger partial charge in [0.15, 0.2) is 0 Å². The van der Waals surface area contributed by atoms with Gasteiger partial charge in [-0.1, -0.05) is 45.1 Å². The molecule has 1 heterocycles. The van der Waals surface area contributed by atoms with Crippen molar-refractivity contribution in [3.05, 3.63) is 58.7 Å². The standard InChI is InChI=1S/C27H36FNO6/c1-16(2)26-22(11-10-20(31)12-21(32)13-24(33)35-5)25(18-6-8-19(28)9-7-18)23(15-34-4)27(29-26)17(3)14-30/h6-11,16-17,20-21,30-32H,12-15H2,1-5H3/b11-10+/t17-,20-,21-/m1/s1. The van der Waals surface area contributed by atoms with Crippen LogP contribution in [0, 0.1) is 5.82 Å². The topological polar surface area (TPSA) is 109 Å². The number of rotatable bonds is 12. The maximum absolute atomic E-state index is 13.7. The van der Waals surface area contributed by atoms with E-state index in [4.69, 9.17) is 9.72 Å². The van der Waals surface area contributed by atoms with Gasteiger partial charge in [0, 0.05) is 30.6 Å². The molecule has 2 aromatic rings. The number of aliphatic hydroxyl groups is 3. The fourth-order valence-electron chi connectivity index (χ4n) is 3.94. The average molecular weight is 490 g/mol. The number of aliphatic hydroxyl groups excluding tert-OH is 3. The first-order valence-electron chi connectivity index (χ1n) is 11.7. The van der Waals surface area contributed by atoms with Gasteiger partial charge in [0.1, 0.15) is 5.82 Å². The minimum absolute atomic E-state index is 0.00264.